The minimum absolute atomic E-state index is 0. The normalized spacial score (nSPS) is 9.42. The fraction of sp³-hybridized carbons (Fsp3) is 0.0500. The molecular weight excluding hydrogens is 819 g/mol. The maximum atomic E-state index is 9.00. The number of carboxylic acid groups (broad SMARTS) is 2. The van der Waals surface area contributed by atoms with Gasteiger partial charge in [0.05, 0.1) is 15.8 Å². The van der Waals surface area contributed by atoms with Crippen LogP contribution in [0.1, 0.15) is 13.8 Å². The molecule has 0 saturated heterocycles. The Hall–Kier alpha value is -3.56. The summed E-state index contributed by atoms with van der Waals surface area (Å²) in [4.78, 5) is 18.0. The van der Waals surface area contributed by atoms with Crippen LogP contribution in [-0.2, 0) is 50.4 Å². The van der Waals surface area contributed by atoms with Gasteiger partial charge in [0.25, 0.3) is 11.9 Å². The van der Waals surface area contributed by atoms with Crippen molar-refractivity contribution in [2.45, 2.75) is 13.8 Å². The number of hydrogen-bond acceptors (Lipinski definition) is 2. The molecule has 252 valence electrons. The fourth-order valence-electron chi connectivity index (χ4n) is 4.63. The number of rotatable bonds is 6. The minimum Gasteiger partial charge on any atom is -0.481 e. The molecule has 0 aliphatic heterocycles. The van der Waals surface area contributed by atoms with Gasteiger partial charge in [-0.1, -0.05) is 109 Å². The molecule has 0 atom stereocenters. The molecule has 0 radical (unpaired) electrons. The molecular formula is C40H40O4P2Pd2+2. The summed E-state index contributed by atoms with van der Waals surface area (Å²) in [6.45, 7) is 2.17. The first-order valence-corrected chi connectivity index (χ1v) is 17.8. The molecule has 0 bridgehead atoms. The van der Waals surface area contributed by atoms with Crippen molar-refractivity contribution >= 4 is 59.6 Å². The van der Waals surface area contributed by atoms with Crippen LogP contribution < -0.4 is 31.8 Å². The van der Waals surface area contributed by atoms with Crippen molar-refractivity contribution in [1.82, 2.24) is 0 Å². The van der Waals surface area contributed by atoms with Crippen LogP contribution in [0.4, 0.5) is 0 Å². The molecule has 0 amide bonds. The number of hydrogen-bond donors (Lipinski definition) is 2. The van der Waals surface area contributed by atoms with Gasteiger partial charge >= 0.3 is 0 Å². The summed E-state index contributed by atoms with van der Waals surface area (Å²) in [5.74, 6) is -1.67. The Labute approximate surface area is 314 Å². The molecule has 0 unspecified atom stereocenters. The molecule has 6 aromatic rings. The Kier molecular flexibility index (Phi) is 21.7. The molecule has 6 aromatic carbocycles. The topological polar surface area (TPSA) is 74.6 Å². The Balaban J connectivity index is 0.000000380. The summed E-state index contributed by atoms with van der Waals surface area (Å²) in [6.07, 6.45) is 0. The summed E-state index contributed by atoms with van der Waals surface area (Å²) < 4.78 is 0. The smallest absolute Gasteiger partial charge is 0.300 e. The van der Waals surface area contributed by atoms with E-state index in [1.54, 1.807) is 0 Å². The average Bonchev–Trinajstić information content (AvgIpc) is 3.08. The molecule has 4 nitrogen and oxygen atoms in total. The van der Waals surface area contributed by atoms with Crippen LogP contribution in [0, 0.1) is 0 Å². The second-order valence-electron chi connectivity index (χ2n) is 9.98. The van der Waals surface area contributed by atoms with Crippen molar-refractivity contribution < 1.29 is 60.6 Å². The Morgan fingerprint density at radius 2 is 0.438 bits per heavy atom. The van der Waals surface area contributed by atoms with E-state index in [0.717, 1.165) is 13.8 Å². The quantitative estimate of drug-likeness (QED) is 0.148. The maximum Gasteiger partial charge on any atom is 0.300 e. The Bertz CT molecular complexity index is 1370. The van der Waals surface area contributed by atoms with Gasteiger partial charge in [0.1, 0.15) is 31.8 Å². The van der Waals surface area contributed by atoms with E-state index in [1.165, 1.54) is 31.8 Å². The summed E-state index contributed by atoms with van der Waals surface area (Å²) >= 11 is 0. The Morgan fingerprint density at radius 1 is 0.333 bits per heavy atom. The van der Waals surface area contributed by atoms with Crippen LogP contribution in [0.25, 0.3) is 0 Å². The fourth-order valence-corrected chi connectivity index (χ4v) is 9.78. The first-order valence-electron chi connectivity index (χ1n) is 14.8. The summed E-state index contributed by atoms with van der Waals surface area (Å²) in [5.41, 5.74) is 0. The number of aliphatic carboxylic acids is 2. The Morgan fingerprint density at radius 3 is 0.542 bits per heavy atom. The third-order valence-electron chi connectivity index (χ3n) is 6.37. The summed E-state index contributed by atoms with van der Waals surface area (Å²) in [6, 6.07) is 65.0. The van der Waals surface area contributed by atoms with Crippen molar-refractivity contribution in [3.8, 4) is 0 Å². The van der Waals surface area contributed by atoms with Crippen molar-refractivity contribution in [3.05, 3.63) is 182 Å². The van der Waals surface area contributed by atoms with E-state index >= 15 is 0 Å². The zero-order chi connectivity index (χ0) is 33.0. The van der Waals surface area contributed by atoms with E-state index in [1.807, 2.05) is 0 Å². The van der Waals surface area contributed by atoms with Gasteiger partial charge < -0.3 is 10.2 Å². The average molecular weight is 860 g/mol. The van der Waals surface area contributed by atoms with Gasteiger partial charge in [-0.2, -0.15) is 0 Å². The van der Waals surface area contributed by atoms with Gasteiger partial charge in [0.2, 0.25) is 0 Å². The van der Waals surface area contributed by atoms with Gasteiger partial charge in [0, 0.05) is 54.7 Å². The van der Waals surface area contributed by atoms with Crippen molar-refractivity contribution in [1.29, 1.82) is 0 Å². The molecule has 0 fully saturated rings. The van der Waals surface area contributed by atoms with E-state index in [-0.39, 0.29) is 40.8 Å². The molecule has 0 heterocycles. The third-order valence-corrected chi connectivity index (χ3v) is 11.8. The van der Waals surface area contributed by atoms with Gasteiger partial charge in [-0.05, 0) is 72.8 Å². The predicted molar refractivity (Wildman–Crippen MR) is 200 cm³/mol. The van der Waals surface area contributed by atoms with Crippen LogP contribution in [-0.4, -0.2) is 22.2 Å². The molecule has 8 heteroatoms. The number of carboxylic acids is 2. The van der Waals surface area contributed by atoms with Crippen molar-refractivity contribution in [2.75, 3.05) is 0 Å². The molecule has 6 rings (SSSR count). The van der Waals surface area contributed by atoms with Crippen molar-refractivity contribution in [3.63, 3.8) is 0 Å². The first kappa shape index (κ1) is 42.5. The van der Waals surface area contributed by atoms with Gasteiger partial charge in [0.15, 0.2) is 0 Å². The molecule has 0 saturated carbocycles. The molecule has 0 spiro atoms. The monoisotopic (exact) mass is 858 g/mol. The largest absolute Gasteiger partial charge is 0.481 e. The zero-order valence-electron chi connectivity index (χ0n) is 26.7. The number of carbonyl (C=O) groups is 2. The maximum absolute atomic E-state index is 9.00. The van der Waals surface area contributed by atoms with Crippen LogP contribution in [0.2, 0.25) is 0 Å². The molecule has 0 aliphatic rings. The molecule has 48 heavy (non-hydrogen) atoms. The van der Waals surface area contributed by atoms with Gasteiger partial charge in [-0.3, -0.25) is 9.59 Å². The van der Waals surface area contributed by atoms with Crippen molar-refractivity contribution in [2.24, 2.45) is 0 Å². The summed E-state index contributed by atoms with van der Waals surface area (Å²) in [7, 11) is -1.75. The minimum atomic E-state index is -0.877. The van der Waals surface area contributed by atoms with E-state index in [9.17, 15) is 0 Å². The second-order valence-corrected chi connectivity index (χ2v) is 14.9. The van der Waals surface area contributed by atoms with E-state index in [0.29, 0.717) is 0 Å². The van der Waals surface area contributed by atoms with Crippen LogP contribution in [0.15, 0.2) is 182 Å². The van der Waals surface area contributed by atoms with E-state index in [4.69, 9.17) is 19.8 Å². The molecule has 0 aliphatic carbocycles. The standard InChI is InChI=1S/2C18H15P.2C2H4O2.2Pd/c2*1-4-10-16(11-5-1)19(17-12-6-2-7-13-17)18-14-8-3-9-15-18;2*1-2(3)4;;/h2*1-15H;2*1H3,(H,3,4);;/p+2. The van der Waals surface area contributed by atoms with Gasteiger partial charge in [-0.25, -0.2) is 0 Å². The predicted octanol–water partition coefficient (Wildman–Crippen LogP) is 6.53. The molecule has 0 aromatic heterocycles. The number of benzene rings is 6. The third kappa shape index (κ3) is 15.6. The zero-order valence-corrected chi connectivity index (χ0v) is 31.8. The van der Waals surface area contributed by atoms with Crippen LogP contribution >= 0.6 is 15.8 Å². The second kappa shape index (κ2) is 24.6. The van der Waals surface area contributed by atoms with Gasteiger partial charge in [-0.15, -0.1) is 0 Å². The molecule has 2 N–H and O–H groups in total. The van der Waals surface area contributed by atoms with Crippen LogP contribution in [0.3, 0.4) is 0 Å². The first-order chi connectivity index (χ1) is 22.4. The SMILES string of the molecule is CC(=O)O.CC(=O)O.[Pd].[Pd].c1ccc([PH+](c2ccccc2)c2ccccc2)cc1.c1ccc([PH+](c2ccccc2)c2ccccc2)cc1. The van der Waals surface area contributed by atoms with Crippen LogP contribution in [0.5, 0.6) is 0 Å². The summed E-state index contributed by atoms with van der Waals surface area (Å²) in [5, 5.41) is 23.4. The van der Waals surface area contributed by atoms with E-state index in [2.05, 4.69) is 182 Å². The van der Waals surface area contributed by atoms with E-state index < -0.39 is 27.8 Å².